The zero-order valence-corrected chi connectivity index (χ0v) is 20.1. The molecule has 1 N–H and O–H groups in total. The Morgan fingerprint density at radius 3 is 2.03 bits per heavy atom. The number of carbonyl (C=O) groups excluding carboxylic acids is 4. The summed E-state index contributed by atoms with van der Waals surface area (Å²) < 4.78 is 5.41. The van der Waals surface area contributed by atoms with E-state index in [1.165, 1.54) is 0 Å². The van der Waals surface area contributed by atoms with Crippen LogP contribution in [0.1, 0.15) is 55.3 Å². The molecule has 0 aliphatic carbocycles. The summed E-state index contributed by atoms with van der Waals surface area (Å²) >= 11 is 0. The van der Waals surface area contributed by atoms with Crippen LogP contribution >= 0.6 is 0 Å². The number of rotatable bonds is 6. The van der Waals surface area contributed by atoms with Gasteiger partial charge >= 0.3 is 6.09 Å². The van der Waals surface area contributed by atoms with Crippen molar-refractivity contribution in [2.24, 2.45) is 5.92 Å². The summed E-state index contributed by atoms with van der Waals surface area (Å²) in [5.74, 6) is -1.43. The molecule has 1 atom stereocenters. The van der Waals surface area contributed by atoms with E-state index in [1.54, 1.807) is 29.2 Å². The van der Waals surface area contributed by atoms with Crippen molar-refractivity contribution >= 4 is 23.8 Å². The Morgan fingerprint density at radius 2 is 1.55 bits per heavy atom. The summed E-state index contributed by atoms with van der Waals surface area (Å²) in [6.07, 6.45) is -0.309. The third-order valence-electron chi connectivity index (χ3n) is 5.76. The molecule has 1 aromatic rings. The number of amides is 4. The number of hydrogen-bond acceptors (Lipinski definition) is 6. The Labute approximate surface area is 195 Å². The van der Waals surface area contributed by atoms with Crippen LogP contribution in [-0.2, 0) is 9.53 Å². The highest BCUT2D eigenvalue weighted by Crippen LogP contribution is 2.27. The average molecular weight is 459 g/mol. The SMILES string of the molecule is CC(C)C(C(=O)NCCN1CCN(C(=O)OC(C)(C)C)CC1)N1C(=O)c2ccccc2C1=O. The fourth-order valence-electron chi connectivity index (χ4n) is 4.10. The number of nitrogens with zero attached hydrogens (tertiary/aromatic N) is 3. The summed E-state index contributed by atoms with van der Waals surface area (Å²) in [6, 6.07) is 5.77. The van der Waals surface area contributed by atoms with E-state index in [-0.39, 0.29) is 17.9 Å². The van der Waals surface area contributed by atoms with Crippen molar-refractivity contribution in [1.82, 2.24) is 20.0 Å². The molecule has 0 radical (unpaired) electrons. The quantitative estimate of drug-likeness (QED) is 0.655. The van der Waals surface area contributed by atoms with Crippen molar-refractivity contribution in [2.45, 2.75) is 46.3 Å². The molecule has 0 saturated carbocycles. The molecule has 1 unspecified atom stereocenters. The van der Waals surface area contributed by atoms with Gasteiger partial charge in [-0.05, 0) is 38.8 Å². The molecular weight excluding hydrogens is 424 g/mol. The number of nitrogens with one attached hydrogen (secondary N) is 1. The van der Waals surface area contributed by atoms with E-state index >= 15 is 0 Å². The van der Waals surface area contributed by atoms with Crippen LogP contribution in [0.5, 0.6) is 0 Å². The number of ether oxygens (including phenoxy) is 1. The molecule has 0 bridgehead atoms. The smallest absolute Gasteiger partial charge is 0.410 e. The van der Waals surface area contributed by atoms with Gasteiger partial charge in [0, 0.05) is 39.3 Å². The van der Waals surface area contributed by atoms with Gasteiger partial charge in [-0.25, -0.2) is 4.79 Å². The Bertz CT molecular complexity index is 881. The average Bonchev–Trinajstić information content (AvgIpc) is 2.98. The van der Waals surface area contributed by atoms with E-state index in [0.717, 1.165) is 4.90 Å². The number of benzene rings is 1. The lowest BCUT2D eigenvalue weighted by atomic mass is 10.0. The minimum absolute atomic E-state index is 0.232. The first-order chi connectivity index (χ1) is 15.5. The normalized spacial score (nSPS) is 17.9. The second-order valence-electron chi connectivity index (χ2n) is 9.81. The van der Waals surface area contributed by atoms with Gasteiger partial charge in [0.2, 0.25) is 5.91 Å². The summed E-state index contributed by atoms with van der Waals surface area (Å²) in [5, 5.41) is 2.89. The summed E-state index contributed by atoms with van der Waals surface area (Å²) in [4.78, 5) is 55.8. The highest BCUT2D eigenvalue weighted by molar-refractivity contribution is 6.22. The zero-order valence-electron chi connectivity index (χ0n) is 20.1. The lowest BCUT2D eigenvalue weighted by Gasteiger charge is -2.35. The van der Waals surface area contributed by atoms with Gasteiger partial charge in [-0.15, -0.1) is 0 Å². The zero-order chi connectivity index (χ0) is 24.3. The van der Waals surface area contributed by atoms with Crippen LogP contribution in [0.15, 0.2) is 24.3 Å². The van der Waals surface area contributed by atoms with Gasteiger partial charge in [-0.1, -0.05) is 26.0 Å². The fourth-order valence-corrected chi connectivity index (χ4v) is 4.10. The third kappa shape index (κ3) is 5.71. The molecular formula is C24H34N4O5. The Kier molecular flexibility index (Phi) is 7.41. The van der Waals surface area contributed by atoms with E-state index in [0.29, 0.717) is 50.4 Å². The van der Waals surface area contributed by atoms with Crippen molar-refractivity contribution < 1.29 is 23.9 Å². The van der Waals surface area contributed by atoms with Gasteiger partial charge in [-0.2, -0.15) is 0 Å². The monoisotopic (exact) mass is 458 g/mol. The highest BCUT2D eigenvalue weighted by Gasteiger charge is 2.43. The van der Waals surface area contributed by atoms with Crippen molar-refractivity contribution in [3.05, 3.63) is 35.4 Å². The maximum Gasteiger partial charge on any atom is 0.410 e. The molecule has 1 saturated heterocycles. The van der Waals surface area contributed by atoms with Gasteiger partial charge in [0.05, 0.1) is 11.1 Å². The summed E-state index contributed by atoms with van der Waals surface area (Å²) in [5.41, 5.74) is 0.151. The lowest BCUT2D eigenvalue weighted by molar-refractivity contribution is -0.126. The van der Waals surface area contributed by atoms with Crippen LogP contribution in [0.3, 0.4) is 0 Å². The number of piperazine rings is 1. The lowest BCUT2D eigenvalue weighted by Crippen LogP contribution is -2.54. The molecule has 180 valence electrons. The van der Waals surface area contributed by atoms with Gasteiger partial charge in [-0.3, -0.25) is 24.2 Å². The highest BCUT2D eigenvalue weighted by atomic mass is 16.6. The van der Waals surface area contributed by atoms with Gasteiger partial charge in [0.15, 0.2) is 0 Å². The minimum atomic E-state index is -0.874. The molecule has 4 amide bonds. The number of hydrogen-bond donors (Lipinski definition) is 1. The number of carbonyl (C=O) groups is 4. The first-order valence-corrected chi connectivity index (χ1v) is 11.4. The first kappa shape index (κ1) is 24.7. The van der Waals surface area contributed by atoms with Crippen LogP contribution in [0, 0.1) is 5.92 Å². The number of fused-ring (bicyclic) bond motifs is 1. The number of imide groups is 1. The topological polar surface area (TPSA) is 99.3 Å². The molecule has 9 heteroatoms. The maximum atomic E-state index is 13.0. The molecule has 1 fully saturated rings. The van der Waals surface area contributed by atoms with E-state index in [1.807, 2.05) is 34.6 Å². The summed E-state index contributed by atoms with van der Waals surface area (Å²) in [6.45, 7) is 12.7. The van der Waals surface area contributed by atoms with E-state index in [9.17, 15) is 19.2 Å². The van der Waals surface area contributed by atoms with Gasteiger partial charge in [0.1, 0.15) is 11.6 Å². The molecule has 2 heterocycles. The molecule has 1 aromatic carbocycles. The van der Waals surface area contributed by atoms with Crippen LogP contribution in [-0.4, -0.2) is 89.4 Å². The third-order valence-corrected chi connectivity index (χ3v) is 5.76. The van der Waals surface area contributed by atoms with E-state index < -0.39 is 23.5 Å². The molecule has 0 aromatic heterocycles. The van der Waals surface area contributed by atoms with Crippen LogP contribution in [0.4, 0.5) is 4.79 Å². The Hall–Kier alpha value is -2.94. The molecule has 3 rings (SSSR count). The molecule has 2 aliphatic rings. The van der Waals surface area contributed by atoms with Crippen molar-refractivity contribution in [2.75, 3.05) is 39.3 Å². The van der Waals surface area contributed by atoms with Gasteiger partial charge in [0.25, 0.3) is 11.8 Å². The van der Waals surface area contributed by atoms with Gasteiger partial charge < -0.3 is 15.0 Å². The standard InChI is InChI=1S/C24H34N4O5/c1-16(2)19(28-21(30)17-8-6-7-9-18(17)22(28)31)20(29)25-10-11-26-12-14-27(15-13-26)23(32)33-24(3,4)5/h6-9,16,19H,10-15H2,1-5H3,(H,25,29). The predicted molar refractivity (Wildman–Crippen MR) is 123 cm³/mol. The largest absolute Gasteiger partial charge is 0.444 e. The first-order valence-electron chi connectivity index (χ1n) is 11.4. The second-order valence-corrected chi connectivity index (χ2v) is 9.81. The van der Waals surface area contributed by atoms with Crippen LogP contribution in [0.25, 0.3) is 0 Å². The predicted octanol–water partition coefficient (Wildman–Crippen LogP) is 1.98. The van der Waals surface area contributed by atoms with Crippen molar-refractivity contribution in [3.8, 4) is 0 Å². The summed E-state index contributed by atoms with van der Waals surface area (Å²) in [7, 11) is 0. The maximum absolute atomic E-state index is 13.0. The molecule has 9 nitrogen and oxygen atoms in total. The van der Waals surface area contributed by atoms with Crippen LogP contribution in [0.2, 0.25) is 0 Å². The second kappa shape index (κ2) is 9.91. The van der Waals surface area contributed by atoms with E-state index in [4.69, 9.17) is 4.74 Å². The minimum Gasteiger partial charge on any atom is -0.444 e. The Morgan fingerprint density at radius 1 is 1.00 bits per heavy atom. The Balaban J connectivity index is 1.51. The van der Waals surface area contributed by atoms with E-state index in [2.05, 4.69) is 10.2 Å². The molecule has 0 spiro atoms. The molecule has 2 aliphatic heterocycles. The van der Waals surface area contributed by atoms with Crippen molar-refractivity contribution in [1.29, 1.82) is 0 Å². The van der Waals surface area contributed by atoms with Crippen molar-refractivity contribution in [3.63, 3.8) is 0 Å². The fraction of sp³-hybridized carbons (Fsp3) is 0.583. The van der Waals surface area contributed by atoms with Crippen LogP contribution < -0.4 is 5.32 Å². The molecule has 33 heavy (non-hydrogen) atoms.